The highest BCUT2D eigenvalue weighted by Crippen LogP contribution is 2.26. The molecule has 0 aliphatic carbocycles. The lowest BCUT2D eigenvalue weighted by Gasteiger charge is -2.37. The van der Waals surface area contributed by atoms with Crippen molar-refractivity contribution in [1.82, 2.24) is 14.7 Å². The van der Waals surface area contributed by atoms with Crippen LogP contribution in [0.4, 0.5) is 5.69 Å². The quantitative estimate of drug-likeness (QED) is 0.679. The molecule has 1 fully saturated rings. The van der Waals surface area contributed by atoms with Crippen LogP contribution in [0, 0.1) is 5.92 Å². The fraction of sp³-hybridized carbons (Fsp3) is 0.640. The predicted molar refractivity (Wildman–Crippen MR) is 132 cm³/mol. The number of hydrogen-bond acceptors (Lipinski definition) is 7. The molecule has 0 spiro atoms. The summed E-state index contributed by atoms with van der Waals surface area (Å²) >= 11 is 0. The number of benzene rings is 1. The van der Waals surface area contributed by atoms with Gasteiger partial charge >= 0.3 is 0 Å². The molecule has 0 unspecified atom stereocenters. The molecule has 2 aliphatic rings. The number of anilines is 1. The third kappa shape index (κ3) is 7.16. The van der Waals surface area contributed by atoms with Crippen LogP contribution in [0.3, 0.4) is 0 Å². The second kappa shape index (κ2) is 12.3. The first-order chi connectivity index (χ1) is 16.7. The number of morpholine rings is 1. The number of ether oxygens (including phenoxy) is 3. The molecule has 0 saturated carbocycles. The summed E-state index contributed by atoms with van der Waals surface area (Å²) < 4.78 is 17.3. The Labute approximate surface area is 207 Å². The highest BCUT2D eigenvalue weighted by atomic mass is 16.5. The number of rotatable bonds is 4. The van der Waals surface area contributed by atoms with Crippen molar-refractivity contribution < 1.29 is 28.6 Å². The van der Waals surface area contributed by atoms with E-state index in [1.807, 2.05) is 18.7 Å². The lowest BCUT2D eigenvalue weighted by molar-refractivity contribution is -0.137. The van der Waals surface area contributed by atoms with Gasteiger partial charge in [0.2, 0.25) is 11.8 Å². The average molecular weight is 491 g/mol. The topological polar surface area (TPSA) is 101 Å². The lowest BCUT2D eigenvalue weighted by Crippen LogP contribution is -2.52. The van der Waals surface area contributed by atoms with Gasteiger partial charge in [-0.05, 0) is 25.1 Å². The standard InChI is InChI=1S/C25H38N4O6/c1-17-13-29(24(31)15-28-8-10-34-11-9-28)18(2)16-35-22-7-6-20(26-19(3)30)12-21(22)25(32)27(4)14-23(17)33-5/h6-7,12,17-18,23H,8-11,13-16H2,1-5H3,(H,26,30)/t17-,18-,23+/m1/s1. The largest absolute Gasteiger partial charge is 0.491 e. The zero-order valence-corrected chi connectivity index (χ0v) is 21.4. The molecule has 0 radical (unpaired) electrons. The molecule has 1 saturated heterocycles. The first-order valence-corrected chi connectivity index (χ1v) is 12.1. The number of nitrogens with zero attached hydrogens (tertiary/aromatic N) is 3. The lowest BCUT2D eigenvalue weighted by atomic mass is 10.0. The summed E-state index contributed by atoms with van der Waals surface area (Å²) in [7, 11) is 3.34. The molecule has 1 N–H and O–H groups in total. The molecule has 1 aromatic rings. The van der Waals surface area contributed by atoms with Crippen molar-refractivity contribution in [1.29, 1.82) is 0 Å². The molecule has 2 heterocycles. The van der Waals surface area contributed by atoms with E-state index < -0.39 is 0 Å². The van der Waals surface area contributed by atoms with Gasteiger partial charge in [-0.15, -0.1) is 0 Å². The number of carbonyl (C=O) groups is 3. The zero-order chi connectivity index (χ0) is 25.5. The van der Waals surface area contributed by atoms with Gasteiger partial charge in [0.25, 0.3) is 5.91 Å². The Kier molecular flexibility index (Phi) is 9.47. The molecule has 35 heavy (non-hydrogen) atoms. The van der Waals surface area contributed by atoms with E-state index in [2.05, 4.69) is 10.2 Å². The van der Waals surface area contributed by atoms with Crippen molar-refractivity contribution in [3.8, 4) is 5.75 Å². The summed E-state index contributed by atoms with van der Waals surface area (Å²) in [5.41, 5.74) is 0.862. The van der Waals surface area contributed by atoms with E-state index in [1.165, 1.54) is 6.92 Å². The first-order valence-electron chi connectivity index (χ1n) is 12.1. The van der Waals surface area contributed by atoms with Crippen LogP contribution < -0.4 is 10.1 Å². The summed E-state index contributed by atoms with van der Waals surface area (Å²) in [4.78, 5) is 43.8. The molecule has 1 aromatic carbocycles. The number of hydrogen-bond donors (Lipinski definition) is 1. The van der Waals surface area contributed by atoms with Crippen LogP contribution in [0.5, 0.6) is 5.75 Å². The molecule has 3 amide bonds. The van der Waals surface area contributed by atoms with Crippen LogP contribution in [0.2, 0.25) is 0 Å². The smallest absolute Gasteiger partial charge is 0.257 e. The second-order valence-electron chi connectivity index (χ2n) is 9.42. The maximum atomic E-state index is 13.4. The van der Waals surface area contributed by atoms with Gasteiger partial charge in [-0.1, -0.05) is 6.92 Å². The molecular formula is C25H38N4O6. The molecule has 3 rings (SSSR count). The summed E-state index contributed by atoms with van der Waals surface area (Å²) in [5, 5.41) is 2.72. The van der Waals surface area contributed by atoms with E-state index in [4.69, 9.17) is 14.2 Å². The van der Waals surface area contributed by atoms with Gasteiger partial charge in [-0.3, -0.25) is 19.3 Å². The fourth-order valence-electron chi connectivity index (χ4n) is 4.45. The minimum Gasteiger partial charge on any atom is -0.491 e. The van der Waals surface area contributed by atoms with Crippen LogP contribution >= 0.6 is 0 Å². The van der Waals surface area contributed by atoms with E-state index in [0.29, 0.717) is 49.8 Å². The number of likely N-dealkylation sites (N-methyl/N-ethyl adjacent to an activating group) is 1. The Morgan fingerprint density at radius 1 is 1.17 bits per heavy atom. The van der Waals surface area contributed by atoms with Gasteiger partial charge in [-0.2, -0.15) is 0 Å². The van der Waals surface area contributed by atoms with E-state index in [9.17, 15) is 14.4 Å². The van der Waals surface area contributed by atoms with Gasteiger partial charge < -0.3 is 29.3 Å². The van der Waals surface area contributed by atoms with Crippen molar-refractivity contribution in [2.75, 3.05) is 72.0 Å². The van der Waals surface area contributed by atoms with Gasteiger partial charge in [0, 0.05) is 58.9 Å². The van der Waals surface area contributed by atoms with E-state index >= 15 is 0 Å². The molecule has 10 nitrogen and oxygen atoms in total. The van der Waals surface area contributed by atoms with Gasteiger partial charge in [0.1, 0.15) is 12.4 Å². The monoisotopic (exact) mass is 490 g/mol. The van der Waals surface area contributed by atoms with Crippen LogP contribution in [-0.2, 0) is 19.1 Å². The molecule has 194 valence electrons. The SMILES string of the molecule is CO[C@H]1CN(C)C(=O)c2cc(NC(C)=O)ccc2OC[C@@H](C)N(C(=O)CN2CCOCC2)C[C@H]1C. The van der Waals surface area contributed by atoms with Gasteiger partial charge in [0.15, 0.2) is 0 Å². The maximum Gasteiger partial charge on any atom is 0.257 e. The van der Waals surface area contributed by atoms with Gasteiger partial charge in [0.05, 0.1) is 37.5 Å². The van der Waals surface area contributed by atoms with Gasteiger partial charge in [-0.25, -0.2) is 0 Å². The summed E-state index contributed by atoms with van der Waals surface area (Å²) in [6, 6.07) is 4.78. The molecular weight excluding hydrogens is 452 g/mol. The summed E-state index contributed by atoms with van der Waals surface area (Å²) in [5.74, 6) is -0.0274. The highest BCUT2D eigenvalue weighted by Gasteiger charge is 2.31. The van der Waals surface area contributed by atoms with Crippen molar-refractivity contribution in [2.45, 2.75) is 32.9 Å². The Morgan fingerprint density at radius 3 is 2.54 bits per heavy atom. The molecule has 0 aromatic heterocycles. The number of nitrogens with one attached hydrogen (secondary N) is 1. The first kappa shape index (κ1) is 26.9. The zero-order valence-electron chi connectivity index (χ0n) is 21.4. The van der Waals surface area contributed by atoms with Crippen molar-refractivity contribution in [3.05, 3.63) is 23.8 Å². The van der Waals surface area contributed by atoms with Crippen molar-refractivity contribution in [3.63, 3.8) is 0 Å². The van der Waals surface area contributed by atoms with Crippen LogP contribution in [-0.4, -0.2) is 111 Å². The Balaban J connectivity index is 1.89. The normalized spacial score (nSPS) is 24.6. The molecule has 0 bridgehead atoms. The van der Waals surface area contributed by atoms with Crippen LogP contribution in [0.1, 0.15) is 31.1 Å². The van der Waals surface area contributed by atoms with Crippen molar-refractivity contribution >= 4 is 23.4 Å². The van der Waals surface area contributed by atoms with E-state index in [-0.39, 0.29) is 42.4 Å². The molecule has 10 heteroatoms. The Hall–Kier alpha value is -2.69. The van der Waals surface area contributed by atoms with Crippen molar-refractivity contribution in [2.24, 2.45) is 5.92 Å². The number of amides is 3. The number of fused-ring (bicyclic) bond motifs is 1. The van der Waals surface area contributed by atoms with Crippen LogP contribution in [0.15, 0.2) is 18.2 Å². The maximum absolute atomic E-state index is 13.4. The van der Waals surface area contributed by atoms with Crippen LogP contribution in [0.25, 0.3) is 0 Å². The second-order valence-corrected chi connectivity index (χ2v) is 9.42. The Bertz CT molecular complexity index is 904. The minimum absolute atomic E-state index is 0.0176. The fourth-order valence-corrected chi connectivity index (χ4v) is 4.45. The summed E-state index contributed by atoms with van der Waals surface area (Å²) in [6.45, 7) is 9.52. The number of methoxy groups -OCH3 is 1. The third-order valence-electron chi connectivity index (χ3n) is 6.55. The molecule has 2 aliphatic heterocycles. The average Bonchev–Trinajstić information content (AvgIpc) is 2.83. The highest BCUT2D eigenvalue weighted by molar-refractivity contribution is 5.99. The predicted octanol–water partition coefficient (Wildman–Crippen LogP) is 1.31. The van der Waals surface area contributed by atoms with E-state index in [0.717, 1.165) is 13.1 Å². The number of carbonyl (C=O) groups excluding carboxylic acids is 3. The summed E-state index contributed by atoms with van der Waals surface area (Å²) in [6.07, 6.45) is -0.267. The van der Waals surface area contributed by atoms with E-state index in [1.54, 1.807) is 37.3 Å². The third-order valence-corrected chi connectivity index (χ3v) is 6.55. The molecule has 3 atom stereocenters. The Morgan fingerprint density at radius 2 is 1.89 bits per heavy atom. The minimum atomic E-state index is -0.267.